The minimum atomic E-state index is -4.75. The van der Waals surface area contributed by atoms with Gasteiger partial charge in [-0.15, -0.1) is 0 Å². The molecule has 3 rings (SSSR count). The lowest BCUT2D eigenvalue weighted by Gasteiger charge is -2.12. The molecule has 1 aromatic carbocycles. The zero-order chi connectivity index (χ0) is 19.1. The van der Waals surface area contributed by atoms with Crippen LogP contribution in [0.2, 0.25) is 5.02 Å². The van der Waals surface area contributed by atoms with Crippen LogP contribution in [0.5, 0.6) is 0 Å². The maximum absolute atomic E-state index is 14.0. The SMILES string of the molecule is CC(O)Cn1ncc(-c2cc(-c3c(F)cccc3Cl)no2)c1C(F)(F)F. The molecule has 0 aliphatic heterocycles. The first-order valence-electron chi connectivity index (χ1n) is 7.41. The van der Waals surface area contributed by atoms with Gasteiger partial charge < -0.3 is 9.63 Å². The summed E-state index contributed by atoms with van der Waals surface area (Å²) in [5.74, 6) is -0.929. The number of nitrogens with zero attached hydrogens (tertiary/aromatic N) is 3. The molecule has 0 aliphatic rings. The standard InChI is InChI=1S/C16H12ClF4N3O2/c1-8(25)7-24-15(16(19,20)21)9(6-22-24)13-5-12(23-26-13)14-10(17)3-2-4-11(14)18/h2-6,8,25H,7H2,1H3. The summed E-state index contributed by atoms with van der Waals surface area (Å²) >= 11 is 5.94. The predicted molar refractivity (Wildman–Crippen MR) is 84.8 cm³/mol. The van der Waals surface area contributed by atoms with Gasteiger partial charge in [0.15, 0.2) is 11.5 Å². The number of alkyl halides is 3. The number of aromatic nitrogens is 3. The molecule has 1 N–H and O–H groups in total. The highest BCUT2D eigenvalue weighted by molar-refractivity contribution is 6.33. The molecule has 3 aromatic rings. The molecule has 0 saturated carbocycles. The van der Waals surface area contributed by atoms with E-state index in [1.54, 1.807) is 0 Å². The van der Waals surface area contributed by atoms with Gasteiger partial charge >= 0.3 is 6.18 Å². The van der Waals surface area contributed by atoms with Crippen LogP contribution in [0.4, 0.5) is 17.6 Å². The van der Waals surface area contributed by atoms with Crippen molar-refractivity contribution in [2.45, 2.75) is 25.7 Å². The predicted octanol–water partition coefficient (Wildman–Crippen LogP) is 4.40. The molecule has 1 atom stereocenters. The lowest BCUT2D eigenvalue weighted by atomic mass is 10.1. The van der Waals surface area contributed by atoms with Gasteiger partial charge in [0.2, 0.25) is 0 Å². The van der Waals surface area contributed by atoms with Gasteiger partial charge in [0, 0.05) is 6.07 Å². The average molecular weight is 390 g/mol. The van der Waals surface area contributed by atoms with Crippen molar-refractivity contribution in [3.63, 3.8) is 0 Å². The van der Waals surface area contributed by atoms with Crippen molar-refractivity contribution < 1.29 is 27.2 Å². The molecule has 0 fully saturated rings. The fraction of sp³-hybridized carbons (Fsp3) is 0.250. The Bertz CT molecular complexity index is 914. The Morgan fingerprint density at radius 1 is 1.35 bits per heavy atom. The highest BCUT2D eigenvalue weighted by atomic mass is 35.5. The maximum atomic E-state index is 14.0. The highest BCUT2D eigenvalue weighted by Crippen LogP contribution is 2.39. The molecule has 0 aliphatic carbocycles. The Kier molecular flexibility index (Phi) is 4.76. The van der Waals surface area contributed by atoms with Crippen molar-refractivity contribution in [1.82, 2.24) is 14.9 Å². The van der Waals surface area contributed by atoms with E-state index in [2.05, 4.69) is 10.3 Å². The van der Waals surface area contributed by atoms with Gasteiger partial charge in [0.05, 0.1) is 35.0 Å². The van der Waals surface area contributed by atoms with E-state index < -0.39 is 23.8 Å². The summed E-state index contributed by atoms with van der Waals surface area (Å²) in [6.07, 6.45) is -4.83. The van der Waals surface area contributed by atoms with Crippen molar-refractivity contribution >= 4 is 11.6 Å². The van der Waals surface area contributed by atoms with Crippen LogP contribution in [0.25, 0.3) is 22.6 Å². The number of hydrogen-bond acceptors (Lipinski definition) is 4. The van der Waals surface area contributed by atoms with Gasteiger partial charge in [-0.1, -0.05) is 22.8 Å². The third kappa shape index (κ3) is 3.45. The third-order valence-electron chi connectivity index (χ3n) is 3.54. The number of hydrogen-bond donors (Lipinski definition) is 1. The number of aliphatic hydroxyl groups excluding tert-OH is 1. The van der Waals surface area contributed by atoms with E-state index in [1.807, 2.05) is 0 Å². The zero-order valence-electron chi connectivity index (χ0n) is 13.3. The quantitative estimate of drug-likeness (QED) is 0.672. The van der Waals surface area contributed by atoms with Gasteiger partial charge in [-0.25, -0.2) is 4.39 Å². The fourth-order valence-electron chi connectivity index (χ4n) is 2.52. The van der Waals surface area contributed by atoms with E-state index in [4.69, 9.17) is 16.1 Å². The van der Waals surface area contributed by atoms with E-state index in [1.165, 1.54) is 19.1 Å². The van der Waals surface area contributed by atoms with Crippen LogP contribution in [0.1, 0.15) is 12.6 Å². The molecule has 5 nitrogen and oxygen atoms in total. The van der Waals surface area contributed by atoms with E-state index >= 15 is 0 Å². The molecule has 0 bridgehead atoms. The number of rotatable bonds is 4. The molecule has 26 heavy (non-hydrogen) atoms. The van der Waals surface area contributed by atoms with Crippen molar-refractivity contribution in [1.29, 1.82) is 0 Å². The van der Waals surface area contributed by atoms with Crippen LogP contribution in [0.15, 0.2) is 35.0 Å². The number of halogens is 5. The Morgan fingerprint density at radius 2 is 2.08 bits per heavy atom. The lowest BCUT2D eigenvalue weighted by molar-refractivity contribution is -0.144. The van der Waals surface area contributed by atoms with Crippen molar-refractivity contribution in [2.24, 2.45) is 0 Å². The Labute approximate surface area is 149 Å². The van der Waals surface area contributed by atoms with Crippen LogP contribution >= 0.6 is 11.6 Å². The third-order valence-corrected chi connectivity index (χ3v) is 3.85. The summed E-state index contributed by atoms with van der Waals surface area (Å²) in [4.78, 5) is 0. The van der Waals surface area contributed by atoms with Crippen molar-refractivity contribution in [3.8, 4) is 22.6 Å². The zero-order valence-corrected chi connectivity index (χ0v) is 14.0. The number of aliphatic hydroxyl groups is 1. The summed E-state index contributed by atoms with van der Waals surface area (Å²) in [5, 5.41) is 16.7. The first-order valence-corrected chi connectivity index (χ1v) is 7.79. The topological polar surface area (TPSA) is 64.1 Å². The minimum Gasteiger partial charge on any atom is -0.391 e. The summed E-state index contributed by atoms with van der Waals surface area (Å²) < 4.78 is 59.9. The van der Waals surface area contributed by atoms with Crippen LogP contribution in [-0.2, 0) is 12.7 Å². The average Bonchev–Trinajstić information content (AvgIpc) is 3.12. The number of benzene rings is 1. The molecule has 0 amide bonds. The molecular formula is C16H12ClF4N3O2. The summed E-state index contributed by atoms with van der Waals surface area (Å²) in [6.45, 7) is 0.989. The Hall–Kier alpha value is -2.39. The second-order valence-electron chi connectivity index (χ2n) is 5.61. The lowest BCUT2D eigenvalue weighted by Crippen LogP contribution is -2.20. The molecule has 138 valence electrons. The van der Waals surface area contributed by atoms with Crippen molar-refractivity contribution in [3.05, 3.63) is 47.0 Å². The second kappa shape index (κ2) is 6.73. The van der Waals surface area contributed by atoms with Crippen LogP contribution < -0.4 is 0 Å². The van der Waals surface area contributed by atoms with E-state index in [0.29, 0.717) is 4.68 Å². The Balaban J connectivity index is 2.09. The van der Waals surface area contributed by atoms with E-state index in [0.717, 1.165) is 18.3 Å². The molecular weight excluding hydrogens is 378 g/mol. The molecule has 0 saturated heterocycles. The second-order valence-corrected chi connectivity index (χ2v) is 6.02. The Morgan fingerprint density at radius 3 is 2.69 bits per heavy atom. The monoisotopic (exact) mass is 389 g/mol. The summed E-state index contributed by atoms with van der Waals surface area (Å²) in [7, 11) is 0. The molecule has 2 heterocycles. The highest BCUT2D eigenvalue weighted by Gasteiger charge is 2.39. The molecule has 0 radical (unpaired) electrons. The molecule has 2 aromatic heterocycles. The summed E-state index contributed by atoms with van der Waals surface area (Å²) in [6, 6.07) is 5.13. The molecule has 10 heteroatoms. The maximum Gasteiger partial charge on any atom is 0.433 e. The normalized spacial score (nSPS) is 13.2. The smallest absolute Gasteiger partial charge is 0.391 e. The summed E-state index contributed by atoms with van der Waals surface area (Å²) in [5.41, 5.74) is -1.58. The van der Waals surface area contributed by atoms with Crippen LogP contribution in [0, 0.1) is 5.82 Å². The van der Waals surface area contributed by atoms with Crippen LogP contribution in [0.3, 0.4) is 0 Å². The van der Waals surface area contributed by atoms with E-state index in [-0.39, 0.29) is 34.1 Å². The fourth-order valence-corrected chi connectivity index (χ4v) is 2.78. The van der Waals surface area contributed by atoms with Crippen LogP contribution in [-0.4, -0.2) is 26.1 Å². The molecule has 1 unspecified atom stereocenters. The van der Waals surface area contributed by atoms with E-state index in [9.17, 15) is 22.7 Å². The van der Waals surface area contributed by atoms with Gasteiger partial charge in [0.1, 0.15) is 11.5 Å². The first kappa shape index (κ1) is 18.4. The molecule has 0 spiro atoms. The van der Waals surface area contributed by atoms with Gasteiger partial charge in [-0.2, -0.15) is 18.3 Å². The van der Waals surface area contributed by atoms with Gasteiger partial charge in [-0.3, -0.25) is 4.68 Å². The van der Waals surface area contributed by atoms with Crippen molar-refractivity contribution in [2.75, 3.05) is 0 Å². The largest absolute Gasteiger partial charge is 0.433 e. The van der Waals surface area contributed by atoms with Gasteiger partial charge in [-0.05, 0) is 19.1 Å². The first-order chi connectivity index (χ1) is 12.2. The van der Waals surface area contributed by atoms with Gasteiger partial charge in [0.25, 0.3) is 0 Å². The minimum absolute atomic E-state index is 0.0421.